The van der Waals surface area contributed by atoms with Crippen molar-refractivity contribution >= 4 is 40.2 Å². The second kappa shape index (κ2) is 10.7. The second-order valence-electron chi connectivity index (χ2n) is 8.41. The summed E-state index contributed by atoms with van der Waals surface area (Å²) in [5.41, 5.74) is 4.50. The summed E-state index contributed by atoms with van der Waals surface area (Å²) in [7, 11) is 0. The highest BCUT2D eigenvalue weighted by Gasteiger charge is 2.22. The van der Waals surface area contributed by atoms with Crippen molar-refractivity contribution < 1.29 is 18.8 Å². The van der Waals surface area contributed by atoms with Gasteiger partial charge in [0, 0.05) is 33.2 Å². The predicted octanol–water partition coefficient (Wildman–Crippen LogP) is 7.77. The number of hydrogen-bond donors (Lipinski definition) is 0. The fourth-order valence-electron chi connectivity index (χ4n) is 3.99. The van der Waals surface area contributed by atoms with Crippen LogP contribution in [0.25, 0.3) is 22.1 Å². The molecule has 5 aromatic rings. The Morgan fingerprint density at radius 3 is 1.97 bits per heavy atom. The smallest absolute Gasteiger partial charge is 0.331 e. The molecular formula is C31H23NO4S. The van der Waals surface area contributed by atoms with Gasteiger partial charge in [0.1, 0.15) is 5.58 Å². The van der Waals surface area contributed by atoms with E-state index in [9.17, 15) is 9.59 Å². The molecule has 1 aromatic heterocycles. The first-order chi connectivity index (χ1) is 18.0. The van der Waals surface area contributed by atoms with E-state index in [0.29, 0.717) is 22.6 Å². The number of nitrogens with zero attached hydrogens (tertiary/aromatic N) is 1. The van der Waals surface area contributed by atoms with Crippen LogP contribution in [0.15, 0.2) is 122 Å². The number of oxime groups is 1. The molecule has 182 valence electrons. The quantitative estimate of drug-likeness (QED) is 0.0978. The Hall–Kier alpha value is -4.42. The molecule has 0 saturated carbocycles. The van der Waals surface area contributed by atoms with Gasteiger partial charge in [-0.2, -0.15) is 0 Å². The van der Waals surface area contributed by atoms with Crippen molar-refractivity contribution in [2.45, 2.75) is 23.6 Å². The number of para-hydroxylation sites is 1. The van der Waals surface area contributed by atoms with E-state index in [1.807, 2.05) is 103 Å². The Kier molecular flexibility index (Phi) is 7.01. The molecule has 0 spiro atoms. The number of furan rings is 1. The third-order valence-corrected chi connectivity index (χ3v) is 6.82. The third kappa shape index (κ3) is 5.39. The number of carbonyl (C=O) groups excluding carboxylic acids is 2. The molecule has 0 saturated heterocycles. The average Bonchev–Trinajstić information content (AvgIpc) is 3.32. The van der Waals surface area contributed by atoms with Crippen molar-refractivity contribution in [3.63, 3.8) is 0 Å². The van der Waals surface area contributed by atoms with Crippen LogP contribution in [0.2, 0.25) is 0 Å². The first-order valence-electron chi connectivity index (χ1n) is 11.7. The zero-order chi connectivity index (χ0) is 25.8. The zero-order valence-corrected chi connectivity index (χ0v) is 21.1. The molecule has 0 radical (unpaired) electrons. The van der Waals surface area contributed by atoms with Gasteiger partial charge in [-0.3, -0.25) is 4.79 Å². The van der Waals surface area contributed by atoms with Gasteiger partial charge in [-0.15, -0.1) is 0 Å². The van der Waals surface area contributed by atoms with Crippen LogP contribution in [0.5, 0.6) is 0 Å². The lowest BCUT2D eigenvalue weighted by atomic mass is 9.98. The van der Waals surface area contributed by atoms with Crippen LogP contribution in [-0.2, 0) is 9.63 Å². The van der Waals surface area contributed by atoms with Crippen LogP contribution >= 0.6 is 11.8 Å². The molecule has 0 unspecified atom stereocenters. The van der Waals surface area contributed by atoms with E-state index in [1.54, 1.807) is 18.7 Å². The van der Waals surface area contributed by atoms with E-state index in [4.69, 9.17) is 9.25 Å². The van der Waals surface area contributed by atoms with Gasteiger partial charge in [0.2, 0.25) is 5.78 Å². The summed E-state index contributed by atoms with van der Waals surface area (Å²) in [4.78, 5) is 31.2. The molecule has 0 N–H and O–H groups in total. The first-order valence-corrected chi connectivity index (χ1v) is 12.5. The topological polar surface area (TPSA) is 68.9 Å². The van der Waals surface area contributed by atoms with Gasteiger partial charge in [-0.05, 0) is 60.5 Å². The summed E-state index contributed by atoms with van der Waals surface area (Å²) in [5.74, 6) is -0.266. The molecule has 5 rings (SSSR count). The minimum Gasteiger partial charge on any atom is -0.452 e. The number of ketones is 1. The number of carbonyl (C=O) groups is 2. The molecule has 4 aromatic carbocycles. The van der Waals surface area contributed by atoms with Gasteiger partial charge >= 0.3 is 5.97 Å². The minimum absolute atomic E-state index is 0.154. The Bertz CT molecular complexity index is 1600. The van der Waals surface area contributed by atoms with Crippen molar-refractivity contribution in [2.24, 2.45) is 5.16 Å². The predicted molar refractivity (Wildman–Crippen MR) is 146 cm³/mol. The molecule has 37 heavy (non-hydrogen) atoms. The summed E-state index contributed by atoms with van der Waals surface area (Å²) in [6.45, 7) is 3.10. The van der Waals surface area contributed by atoms with Gasteiger partial charge < -0.3 is 9.25 Å². The SMILES string of the molecule is CC(=O)O/N=C(\C)c1ccc(Sc2ccc(C(=O)c3oc4ccccc4c3-c3ccccc3)cc2)cc1. The fraction of sp³-hybridized carbons (Fsp3) is 0.0645. The monoisotopic (exact) mass is 505 g/mol. The van der Waals surface area contributed by atoms with E-state index in [2.05, 4.69) is 5.16 Å². The standard InChI is InChI=1S/C31H23NO4S/c1-20(32-36-21(2)33)22-12-16-25(17-13-22)37-26-18-14-24(15-19-26)30(34)31-29(23-8-4-3-5-9-23)27-10-6-7-11-28(27)35-31/h3-19H,1-2H3/b32-20+. The molecule has 0 bridgehead atoms. The number of fused-ring (bicyclic) bond motifs is 1. The third-order valence-electron chi connectivity index (χ3n) is 5.80. The summed E-state index contributed by atoms with van der Waals surface area (Å²) in [5, 5.41) is 4.74. The maximum absolute atomic E-state index is 13.5. The van der Waals surface area contributed by atoms with E-state index in [0.717, 1.165) is 31.9 Å². The Labute approximate surface area is 218 Å². The summed E-state index contributed by atoms with van der Waals surface area (Å²) in [6.07, 6.45) is 0. The summed E-state index contributed by atoms with van der Waals surface area (Å²) in [6, 6.07) is 32.9. The van der Waals surface area contributed by atoms with Crippen molar-refractivity contribution in [1.29, 1.82) is 0 Å². The lowest BCUT2D eigenvalue weighted by Gasteiger charge is -2.06. The number of benzene rings is 4. The van der Waals surface area contributed by atoms with Crippen LogP contribution in [0.3, 0.4) is 0 Å². The first kappa shape index (κ1) is 24.3. The number of hydrogen-bond acceptors (Lipinski definition) is 6. The van der Waals surface area contributed by atoms with E-state index in [-0.39, 0.29) is 5.78 Å². The highest BCUT2D eigenvalue weighted by molar-refractivity contribution is 7.99. The molecule has 0 fully saturated rings. The van der Waals surface area contributed by atoms with E-state index < -0.39 is 5.97 Å². The molecule has 0 amide bonds. The molecule has 0 atom stereocenters. The molecule has 6 heteroatoms. The van der Waals surface area contributed by atoms with Gasteiger partial charge in [0.15, 0.2) is 5.76 Å². The number of rotatable bonds is 7. The molecule has 0 aliphatic carbocycles. The van der Waals surface area contributed by atoms with Gasteiger partial charge in [-0.25, -0.2) is 4.79 Å². The van der Waals surface area contributed by atoms with E-state index in [1.165, 1.54) is 6.92 Å². The minimum atomic E-state index is -0.454. The van der Waals surface area contributed by atoms with Crippen molar-refractivity contribution in [3.8, 4) is 11.1 Å². The van der Waals surface area contributed by atoms with Crippen LogP contribution < -0.4 is 0 Å². The Balaban J connectivity index is 1.36. The molecular weight excluding hydrogens is 482 g/mol. The van der Waals surface area contributed by atoms with Crippen LogP contribution in [0, 0.1) is 0 Å². The Morgan fingerprint density at radius 2 is 1.32 bits per heavy atom. The van der Waals surface area contributed by atoms with Crippen LogP contribution in [-0.4, -0.2) is 17.5 Å². The van der Waals surface area contributed by atoms with Crippen molar-refractivity contribution in [3.05, 3.63) is 120 Å². The highest BCUT2D eigenvalue weighted by atomic mass is 32.2. The fourth-order valence-corrected chi connectivity index (χ4v) is 4.80. The van der Waals surface area contributed by atoms with E-state index >= 15 is 0 Å². The lowest BCUT2D eigenvalue weighted by molar-refractivity contribution is -0.140. The normalized spacial score (nSPS) is 11.5. The summed E-state index contributed by atoms with van der Waals surface area (Å²) >= 11 is 1.59. The van der Waals surface area contributed by atoms with Crippen LogP contribution in [0.4, 0.5) is 0 Å². The molecule has 5 nitrogen and oxygen atoms in total. The van der Waals surface area contributed by atoms with Gasteiger partial charge in [0.05, 0.1) is 5.71 Å². The van der Waals surface area contributed by atoms with Gasteiger partial charge in [-0.1, -0.05) is 77.6 Å². The van der Waals surface area contributed by atoms with Gasteiger partial charge in [0.25, 0.3) is 0 Å². The lowest BCUT2D eigenvalue weighted by Crippen LogP contribution is -2.01. The summed E-state index contributed by atoms with van der Waals surface area (Å²) < 4.78 is 6.06. The average molecular weight is 506 g/mol. The Morgan fingerprint density at radius 1 is 0.730 bits per heavy atom. The largest absolute Gasteiger partial charge is 0.452 e. The highest BCUT2D eigenvalue weighted by Crippen LogP contribution is 2.36. The maximum Gasteiger partial charge on any atom is 0.331 e. The second-order valence-corrected chi connectivity index (χ2v) is 9.55. The molecule has 0 aliphatic heterocycles. The molecule has 1 heterocycles. The zero-order valence-electron chi connectivity index (χ0n) is 20.3. The van der Waals surface area contributed by atoms with Crippen LogP contribution in [0.1, 0.15) is 35.5 Å². The maximum atomic E-state index is 13.5. The van der Waals surface area contributed by atoms with Crippen molar-refractivity contribution in [1.82, 2.24) is 0 Å². The van der Waals surface area contributed by atoms with Crippen molar-refractivity contribution in [2.75, 3.05) is 0 Å². The molecule has 0 aliphatic rings.